The van der Waals surface area contributed by atoms with E-state index in [4.69, 9.17) is 4.74 Å². The monoisotopic (exact) mass is 471 g/mol. The number of alkyl halides is 3. The smallest absolute Gasteiger partial charge is 0.417 e. The number of aromatic nitrogens is 5. The molecule has 0 fully saturated rings. The molecule has 0 aliphatic carbocycles. The largest absolute Gasteiger partial charge is 0.470 e. The van der Waals surface area contributed by atoms with E-state index in [9.17, 15) is 18.0 Å². The van der Waals surface area contributed by atoms with Crippen LogP contribution in [0.25, 0.3) is 22.3 Å². The molecule has 4 rings (SSSR count). The van der Waals surface area contributed by atoms with Crippen molar-refractivity contribution in [3.05, 3.63) is 59.9 Å². The molecule has 0 spiro atoms. The molecule has 178 valence electrons. The number of ether oxygens (including phenoxy) is 1. The Bertz CT molecular complexity index is 1310. The maximum Gasteiger partial charge on any atom is 0.417 e. The van der Waals surface area contributed by atoms with Gasteiger partial charge in [0.15, 0.2) is 11.4 Å². The highest BCUT2D eigenvalue weighted by molar-refractivity contribution is 5.94. The number of hydrogen-bond acceptors (Lipinski definition) is 5. The second-order valence-corrected chi connectivity index (χ2v) is 8.05. The highest BCUT2D eigenvalue weighted by Crippen LogP contribution is 2.40. The third-order valence-corrected chi connectivity index (χ3v) is 5.59. The van der Waals surface area contributed by atoms with Gasteiger partial charge in [0.2, 0.25) is 5.88 Å². The number of halogens is 3. The van der Waals surface area contributed by atoms with Gasteiger partial charge in [-0.25, -0.2) is 4.68 Å². The number of nitrogens with zero attached hydrogens (tertiary/aromatic N) is 5. The summed E-state index contributed by atoms with van der Waals surface area (Å²) < 4.78 is 50.5. The lowest BCUT2D eigenvalue weighted by Gasteiger charge is -2.14. The predicted molar refractivity (Wildman–Crippen MR) is 120 cm³/mol. The maximum atomic E-state index is 14.0. The number of carbonyl (C=O) groups is 1. The van der Waals surface area contributed by atoms with Crippen LogP contribution in [0.5, 0.6) is 5.88 Å². The Morgan fingerprint density at radius 3 is 2.59 bits per heavy atom. The van der Waals surface area contributed by atoms with Gasteiger partial charge in [-0.05, 0) is 13.0 Å². The standard InChI is InChI=1S/C24H24F3N5O2/c1-4-32-19(10-11-28-32)15(2)12-17(33)14-34-20-13-18(24(25,26)27)21-22(16-8-6-5-7-9-16)30-31(3)23(21)29-20/h5-11,13,15H,4,12,14H2,1-3H3. The molecule has 3 aromatic heterocycles. The average Bonchev–Trinajstić information content (AvgIpc) is 3.42. The van der Waals surface area contributed by atoms with Gasteiger partial charge in [-0.1, -0.05) is 37.3 Å². The lowest BCUT2D eigenvalue weighted by atomic mass is 10.0. The molecular formula is C24H24F3N5O2. The number of hydrogen-bond donors (Lipinski definition) is 0. The Balaban J connectivity index is 1.60. The lowest BCUT2D eigenvalue weighted by molar-refractivity contribution is -0.136. The predicted octanol–water partition coefficient (Wildman–Crippen LogP) is 5.01. The van der Waals surface area contributed by atoms with Crippen molar-refractivity contribution in [2.75, 3.05) is 6.61 Å². The van der Waals surface area contributed by atoms with E-state index < -0.39 is 11.7 Å². The first-order valence-electron chi connectivity index (χ1n) is 10.9. The summed E-state index contributed by atoms with van der Waals surface area (Å²) in [6.45, 7) is 4.14. The molecule has 0 saturated heterocycles. The van der Waals surface area contributed by atoms with Gasteiger partial charge in [0.1, 0.15) is 12.3 Å². The van der Waals surface area contributed by atoms with Gasteiger partial charge in [-0.3, -0.25) is 9.48 Å². The first kappa shape index (κ1) is 23.5. The minimum Gasteiger partial charge on any atom is -0.470 e. The zero-order chi connectivity index (χ0) is 24.5. The molecular weight excluding hydrogens is 447 g/mol. The Hall–Kier alpha value is -3.69. The fourth-order valence-electron chi connectivity index (χ4n) is 4.00. The van der Waals surface area contributed by atoms with Crippen LogP contribution in [-0.2, 0) is 24.6 Å². The molecule has 1 unspecified atom stereocenters. The van der Waals surface area contributed by atoms with Crippen molar-refractivity contribution in [3.63, 3.8) is 0 Å². The quantitative estimate of drug-likeness (QED) is 0.361. The van der Waals surface area contributed by atoms with Crippen LogP contribution in [0.2, 0.25) is 0 Å². The van der Waals surface area contributed by atoms with Gasteiger partial charge in [0.05, 0.1) is 10.9 Å². The molecule has 0 amide bonds. The Kier molecular flexibility index (Phi) is 6.41. The summed E-state index contributed by atoms with van der Waals surface area (Å²) in [6, 6.07) is 11.3. The average molecular weight is 471 g/mol. The van der Waals surface area contributed by atoms with Crippen molar-refractivity contribution in [1.29, 1.82) is 0 Å². The molecule has 10 heteroatoms. The van der Waals surface area contributed by atoms with E-state index in [1.807, 2.05) is 19.9 Å². The van der Waals surface area contributed by atoms with Crippen LogP contribution in [0, 0.1) is 0 Å². The summed E-state index contributed by atoms with van der Waals surface area (Å²) in [5.74, 6) is -0.631. The molecule has 4 aromatic rings. The third kappa shape index (κ3) is 4.66. The molecule has 1 aromatic carbocycles. The zero-order valence-electron chi connectivity index (χ0n) is 19.0. The van der Waals surface area contributed by atoms with Gasteiger partial charge in [0, 0.05) is 49.5 Å². The minimum atomic E-state index is -4.66. The number of fused-ring (bicyclic) bond motifs is 1. The molecule has 0 bridgehead atoms. The Morgan fingerprint density at radius 2 is 1.91 bits per heavy atom. The van der Waals surface area contributed by atoms with E-state index in [0.29, 0.717) is 12.1 Å². The van der Waals surface area contributed by atoms with Crippen molar-refractivity contribution < 1.29 is 22.7 Å². The number of aryl methyl sites for hydroxylation is 2. The number of pyridine rings is 1. The highest BCUT2D eigenvalue weighted by atomic mass is 19.4. The van der Waals surface area contributed by atoms with E-state index in [-0.39, 0.29) is 47.3 Å². The number of benzene rings is 1. The van der Waals surface area contributed by atoms with E-state index >= 15 is 0 Å². The second kappa shape index (κ2) is 9.28. The van der Waals surface area contributed by atoms with Crippen molar-refractivity contribution in [2.45, 2.75) is 38.9 Å². The van der Waals surface area contributed by atoms with Crippen molar-refractivity contribution >= 4 is 16.8 Å². The maximum absolute atomic E-state index is 14.0. The Morgan fingerprint density at radius 1 is 1.18 bits per heavy atom. The van der Waals surface area contributed by atoms with Gasteiger partial charge in [-0.2, -0.15) is 28.4 Å². The molecule has 0 N–H and O–H groups in total. The number of carbonyl (C=O) groups excluding carboxylic acids is 1. The summed E-state index contributed by atoms with van der Waals surface area (Å²) in [5.41, 5.74) is 0.757. The van der Waals surface area contributed by atoms with E-state index in [2.05, 4.69) is 15.2 Å². The summed E-state index contributed by atoms with van der Waals surface area (Å²) in [7, 11) is 1.52. The Labute approximate surface area is 194 Å². The first-order valence-corrected chi connectivity index (χ1v) is 10.9. The fraction of sp³-hybridized carbons (Fsp3) is 0.333. The number of rotatable bonds is 8. The van der Waals surface area contributed by atoms with Crippen LogP contribution in [0.3, 0.4) is 0 Å². The number of ketones is 1. The summed E-state index contributed by atoms with van der Waals surface area (Å²) in [6.07, 6.45) is -2.82. The molecule has 0 aliphatic heterocycles. The highest BCUT2D eigenvalue weighted by Gasteiger charge is 2.36. The van der Waals surface area contributed by atoms with E-state index in [1.165, 1.54) is 11.7 Å². The van der Waals surface area contributed by atoms with Gasteiger partial charge in [0.25, 0.3) is 0 Å². The summed E-state index contributed by atoms with van der Waals surface area (Å²) in [4.78, 5) is 16.7. The first-order chi connectivity index (χ1) is 16.2. The van der Waals surface area contributed by atoms with Crippen molar-refractivity contribution in [1.82, 2.24) is 24.5 Å². The van der Waals surface area contributed by atoms with E-state index in [1.54, 1.807) is 41.2 Å². The summed E-state index contributed by atoms with van der Waals surface area (Å²) in [5, 5.41) is 8.37. The summed E-state index contributed by atoms with van der Waals surface area (Å²) >= 11 is 0. The lowest BCUT2D eigenvalue weighted by Crippen LogP contribution is -2.17. The second-order valence-electron chi connectivity index (χ2n) is 8.05. The normalized spacial score (nSPS) is 12.8. The SMILES string of the molecule is CCn1nccc1C(C)CC(=O)COc1cc(C(F)(F)F)c2c(-c3ccccc3)nn(C)c2n1. The number of Topliss-reactive ketones (excluding diaryl/α,β-unsaturated/α-hetero) is 1. The van der Waals surface area contributed by atoms with Gasteiger partial charge < -0.3 is 4.74 Å². The molecule has 0 radical (unpaired) electrons. The molecule has 0 saturated carbocycles. The van der Waals surface area contributed by atoms with Crippen LogP contribution in [-0.4, -0.2) is 36.9 Å². The van der Waals surface area contributed by atoms with Crippen LogP contribution in [0.1, 0.15) is 37.4 Å². The van der Waals surface area contributed by atoms with Gasteiger partial charge >= 0.3 is 6.18 Å². The molecule has 3 heterocycles. The van der Waals surface area contributed by atoms with Crippen LogP contribution in [0.4, 0.5) is 13.2 Å². The van der Waals surface area contributed by atoms with Crippen LogP contribution >= 0.6 is 0 Å². The molecule has 1 atom stereocenters. The van der Waals surface area contributed by atoms with Crippen molar-refractivity contribution in [2.24, 2.45) is 7.05 Å². The third-order valence-electron chi connectivity index (χ3n) is 5.59. The topological polar surface area (TPSA) is 74.8 Å². The fourth-order valence-corrected chi connectivity index (χ4v) is 4.00. The van der Waals surface area contributed by atoms with Gasteiger partial charge in [-0.15, -0.1) is 0 Å². The van der Waals surface area contributed by atoms with E-state index in [0.717, 1.165) is 11.8 Å². The minimum absolute atomic E-state index is 0.0244. The zero-order valence-corrected chi connectivity index (χ0v) is 19.0. The van der Waals surface area contributed by atoms with Crippen molar-refractivity contribution in [3.8, 4) is 17.1 Å². The molecule has 34 heavy (non-hydrogen) atoms. The molecule has 7 nitrogen and oxygen atoms in total. The van der Waals surface area contributed by atoms with Crippen LogP contribution < -0.4 is 4.74 Å². The molecule has 0 aliphatic rings. The van der Waals surface area contributed by atoms with Crippen LogP contribution in [0.15, 0.2) is 48.7 Å².